The minimum Gasteiger partial charge on any atom is -0.352 e. The third kappa shape index (κ3) is 3.08. The molecule has 102 valence electrons. The van der Waals surface area contributed by atoms with Gasteiger partial charge >= 0.3 is 0 Å². The SMILES string of the molecule is CCc1noc2ncc(C(=O)NCCC(C)N)cc12. The fourth-order valence-electron chi connectivity index (χ4n) is 1.77. The minimum atomic E-state index is -0.154. The van der Waals surface area contributed by atoms with Crippen LogP contribution >= 0.6 is 0 Å². The molecule has 3 N–H and O–H groups in total. The number of amides is 1. The summed E-state index contributed by atoms with van der Waals surface area (Å²) in [6.45, 7) is 4.44. The first-order valence-corrected chi connectivity index (χ1v) is 6.40. The summed E-state index contributed by atoms with van der Waals surface area (Å²) in [7, 11) is 0. The monoisotopic (exact) mass is 262 g/mol. The Labute approximate surface area is 111 Å². The zero-order valence-electron chi connectivity index (χ0n) is 11.1. The molecule has 2 aromatic heterocycles. The third-order valence-electron chi connectivity index (χ3n) is 2.89. The number of hydrogen-bond acceptors (Lipinski definition) is 5. The number of rotatable bonds is 5. The molecule has 0 saturated heterocycles. The first kappa shape index (κ1) is 13.5. The van der Waals surface area contributed by atoms with Gasteiger partial charge in [0.25, 0.3) is 11.6 Å². The largest absolute Gasteiger partial charge is 0.352 e. The molecule has 6 nitrogen and oxygen atoms in total. The van der Waals surface area contributed by atoms with Gasteiger partial charge in [0.2, 0.25) is 0 Å². The van der Waals surface area contributed by atoms with E-state index >= 15 is 0 Å². The fourth-order valence-corrected chi connectivity index (χ4v) is 1.77. The van der Waals surface area contributed by atoms with E-state index in [0.29, 0.717) is 17.8 Å². The van der Waals surface area contributed by atoms with Crippen molar-refractivity contribution in [1.82, 2.24) is 15.5 Å². The van der Waals surface area contributed by atoms with Gasteiger partial charge < -0.3 is 15.6 Å². The van der Waals surface area contributed by atoms with E-state index in [9.17, 15) is 4.79 Å². The molecule has 6 heteroatoms. The second-order valence-electron chi connectivity index (χ2n) is 4.58. The topological polar surface area (TPSA) is 94.0 Å². The Balaban J connectivity index is 2.13. The molecule has 0 aromatic carbocycles. The molecule has 1 unspecified atom stereocenters. The molecule has 0 spiro atoms. The van der Waals surface area contributed by atoms with Crippen molar-refractivity contribution in [3.63, 3.8) is 0 Å². The Kier molecular flexibility index (Phi) is 4.11. The van der Waals surface area contributed by atoms with Gasteiger partial charge in [-0.1, -0.05) is 12.1 Å². The zero-order valence-corrected chi connectivity index (χ0v) is 11.1. The van der Waals surface area contributed by atoms with E-state index in [4.69, 9.17) is 10.3 Å². The van der Waals surface area contributed by atoms with Gasteiger partial charge in [0.1, 0.15) is 0 Å². The number of carbonyl (C=O) groups excluding carboxylic acids is 1. The van der Waals surface area contributed by atoms with Gasteiger partial charge in [-0.3, -0.25) is 4.79 Å². The number of fused-ring (bicyclic) bond motifs is 1. The first-order valence-electron chi connectivity index (χ1n) is 6.40. The van der Waals surface area contributed by atoms with Gasteiger partial charge in [-0.05, 0) is 25.8 Å². The van der Waals surface area contributed by atoms with E-state index in [1.807, 2.05) is 13.8 Å². The summed E-state index contributed by atoms with van der Waals surface area (Å²) in [5.41, 5.74) is 7.42. The molecule has 2 aromatic rings. The van der Waals surface area contributed by atoms with Crippen LogP contribution in [-0.4, -0.2) is 28.6 Å². The number of nitrogens with one attached hydrogen (secondary N) is 1. The van der Waals surface area contributed by atoms with Gasteiger partial charge in [0.15, 0.2) is 0 Å². The molecule has 2 rings (SSSR count). The van der Waals surface area contributed by atoms with Crippen LogP contribution in [0.1, 0.15) is 36.3 Å². The van der Waals surface area contributed by atoms with E-state index in [-0.39, 0.29) is 11.9 Å². The van der Waals surface area contributed by atoms with E-state index in [2.05, 4.69) is 15.5 Å². The van der Waals surface area contributed by atoms with Crippen molar-refractivity contribution in [3.8, 4) is 0 Å². The normalized spacial score (nSPS) is 12.6. The summed E-state index contributed by atoms with van der Waals surface area (Å²) in [4.78, 5) is 16.0. The molecule has 0 radical (unpaired) electrons. The number of aromatic nitrogens is 2. The van der Waals surface area contributed by atoms with Crippen molar-refractivity contribution < 1.29 is 9.32 Å². The Morgan fingerprint density at radius 1 is 1.58 bits per heavy atom. The summed E-state index contributed by atoms with van der Waals surface area (Å²) < 4.78 is 5.08. The highest BCUT2D eigenvalue weighted by molar-refractivity contribution is 5.96. The maximum atomic E-state index is 11.9. The van der Waals surface area contributed by atoms with Crippen LogP contribution in [0.5, 0.6) is 0 Å². The molecule has 19 heavy (non-hydrogen) atoms. The van der Waals surface area contributed by atoms with Crippen LogP contribution < -0.4 is 11.1 Å². The molecule has 0 aliphatic rings. The lowest BCUT2D eigenvalue weighted by Gasteiger charge is -2.07. The Bertz CT molecular complexity index is 577. The average molecular weight is 262 g/mol. The van der Waals surface area contributed by atoms with Crippen LogP contribution in [0.15, 0.2) is 16.8 Å². The molecular weight excluding hydrogens is 244 g/mol. The smallest absolute Gasteiger partial charge is 0.257 e. The number of aryl methyl sites for hydroxylation is 1. The minimum absolute atomic E-state index is 0.0747. The summed E-state index contributed by atoms with van der Waals surface area (Å²) in [5, 5.41) is 7.52. The lowest BCUT2D eigenvalue weighted by molar-refractivity contribution is 0.0952. The van der Waals surface area contributed by atoms with Crippen LogP contribution in [0.3, 0.4) is 0 Å². The zero-order chi connectivity index (χ0) is 13.8. The van der Waals surface area contributed by atoms with E-state index in [0.717, 1.165) is 23.9 Å². The highest BCUT2D eigenvalue weighted by Gasteiger charge is 2.12. The summed E-state index contributed by atoms with van der Waals surface area (Å²) in [6.07, 6.45) is 2.98. The van der Waals surface area contributed by atoms with Crippen LogP contribution in [-0.2, 0) is 6.42 Å². The number of nitrogens with zero attached hydrogens (tertiary/aromatic N) is 2. The summed E-state index contributed by atoms with van der Waals surface area (Å²) in [5.74, 6) is -0.154. The molecule has 0 saturated carbocycles. The van der Waals surface area contributed by atoms with Gasteiger partial charge in [0.05, 0.1) is 16.6 Å². The molecule has 0 aliphatic heterocycles. The lowest BCUT2D eigenvalue weighted by atomic mass is 10.1. The maximum Gasteiger partial charge on any atom is 0.257 e. The van der Waals surface area contributed by atoms with Crippen LogP contribution in [0.2, 0.25) is 0 Å². The van der Waals surface area contributed by atoms with Crippen LogP contribution in [0.4, 0.5) is 0 Å². The molecule has 1 atom stereocenters. The predicted molar refractivity (Wildman–Crippen MR) is 71.8 cm³/mol. The molecular formula is C13H18N4O2. The second kappa shape index (κ2) is 5.79. The van der Waals surface area contributed by atoms with E-state index in [1.54, 1.807) is 6.07 Å². The van der Waals surface area contributed by atoms with Crippen molar-refractivity contribution in [3.05, 3.63) is 23.5 Å². The molecule has 2 heterocycles. The average Bonchev–Trinajstić information content (AvgIpc) is 2.80. The van der Waals surface area contributed by atoms with E-state index < -0.39 is 0 Å². The third-order valence-corrected chi connectivity index (χ3v) is 2.89. The van der Waals surface area contributed by atoms with Gasteiger partial charge in [-0.25, -0.2) is 4.98 Å². The maximum absolute atomic E-state index is 11.9. The highest BCUT2D eigenvalue weighted by atomic mass is 16.5. The van der Waals surface area contributed by atoms with Crippen molar-refractivity contribution in [2.45, 2.75) is 32.7 Å². The van der Waals surface area contributed by atoms with Gasteiger partial charge in [-0.2, -0.15) is 0 Å². The molecule has 0 bridgehead atoms. The van der Waals surface area contributed by atoms with Gasteiger partial charge in [0, 0.05) is 18.8 Å². The van der Waals surface area contributed by atoms with Crippen molar-refractivity contribution >= 4 is 17.0 Å². The Morgan fingerprint density at radius 2 is 2.37 bits per heavy atom. The number of pyridine rings is 1. The second-order valence-corrected chi connectivity index (χ2v) is 4.58. The Morgan fingerprint density at radius 3 is 3.05 bits per heavy atom. The van der Waals surface area contributed by atoms with Crippen molar-refractivity contribution in [1.29, 1.82) is 0 Å². The summed E-state index contributed by atoms with van der Waals surface area (Å²) in [6, 6.07) is 1.84. The predicted octanol–water partition coefficient (Wildman–Crippen LogP) is 1.25. The van der Waals surface area contributed by atoms with Crippen LogP contribution in [0, 0.1) is 0 Å². The van der Waals surface area contributed by atoms with Crippen molar-refractivity contribution in [2.75, 3.05) is 6.54 Å². The fraction of sp³-hybridized carbons (Fsp3) is 0.462. The lowest BCUT2D eigenvalue weighted by Crippen LogP contribution is -2.29. The number of hydrogen-bond donors (Lipinski definition) is 2. The van der Waals surface area contributed by atoms with Crippen LogP contribution in [0.25, 0.3) is 11.1 Å². The van der Waals surface area contributed by atoms with Crippen molar-refractivity contribution in [2.24, 2.45) is 5.73 Å². The molecule has 0 aliphatic carbocycles. The van der Waals surface area contributed by atoms with Gasteiger partial charge in [-0.15, -0.1) is 0 Å². The molecule has 0 fully saturated rings. The Hall–Kier alpha value is -1.95. The highest BCUT2D eigenvalue weighted by Crippen LogP contribution is 2.18. The molecule has 1 amide bonds. The summed E-state index contributed by atoms with van der Waals surface area (Å²) >= 11 is 0. The standard InChI is InChI=1S/C13H18N4O2/c1-3-11-10-6-9(7-16-13(10)19-17-11)12(18)15-5-4-8(2)14/h6-8H,3-5,14H2,1-2H3,(H,15,18). The van der Waals surface area contributed by atoms with E-state index in [1.165, 1.54) is 6.20 Å². The number of carbonyl (C=O) groups is 1. The first-order chi connectivity index (χ1) is 9.11. The quantitative estimate of drug-likeness (QED) is 0.845. The number of nitrogens with two attached hydrogens (primary N) is 1.